The Morgan fingerprint density at radius 1 is 1.15 bits per heavy atom. The summed E-state index contributed by atoms with van der Waals surface area (Å²) < 4.78 is 11.2. The maximum Gasteiger partial charge on any atom is 0.335 e. The summed E-state index contributed by atoms with van der Waals surface area (Å²) in [5, 5.41) is 16.1. The largest absolute Gasteiger partial charge is 0.478 e. The zero-order valence-corrected chi connectivity index (χ0v) is 22.2. The van der Waals surface area contributed by atoms with Crippen LogP contribution in [-0.2, 0) is 9.53 Å². The molecule has 2 atom stereocenters. The fraction of sp³-hybridized carbons (Fsp3) is 0.143. The van der Waals surface area contributed by atoms with Gasteiger partial charge in [-0.2, -0.15) is 0 Å². The van der Waals surface area contributed by atoms with Crippen molar-refractivity contribution in [2.75, 3.05) is 23.9 Å². The van der Waals surface area contributed by atoms with Crippen LogP contribution in [0.5, 0.6) is 0 Å². The molecule has 39 heavy (non-hydrogen) atoms. The van der Waals surface area contributed by atoms with E-state index in [0.29, 0.717) is 33.0 Å². The van der Waals surface area contributed by atoms with Crippen LogP contribution in [0.4, 0.5) is 11.4 Å². The van der Waals surface area contributed by atoms with E-state index < -0.39 is 12.0 Å². The standard InChI is InChI=1S/C28H23ClN4O5S/c1-37-15-24(34)31-20-10-9-18(14-19(20)29)33-26(25(32-28(33)39)21-4-2-3-13-30-21)23-12-11-22(38-23)16-5-7-17(8-6-16)27(35)36/h2-14,25-26H,15H2,1H3,(H,31,34)(H,32,39)(H,35,36). The normalized spacial score (nSPS) is 16.7. The number of furan rings is 1. The lowest BCUT2D eigenvalue weighted by Gasteiger charge is -2.26. The second-order valence-corrected chi connectivity index (χ2v) is 9.52. The molecule has 2 aromatic carbocycles. The molecule has 1 saturated heterocycles. The summed E-state index contributed by atoms with van der Waals surface area (Å²) in [5.74, 6) is -0.125. The molecule has 0 saturated carbocycles. The second kappa shape index (κ2) is 11.2. The molecule has 1 aliphatic heterocycles. The summed E-state index contributed by atoms with van der Waals surface area (Å²) in [6.45, 7) is -0.0914. The van der Waals surface area contributed by atoms with Crippen molar-refractivity contribution in [3.05, 3.63) is 101 Å². The third kappa shape index (κ3) is 5.49. The molecule has 4 aromatic rings. The number of carboxylic acid groups (broad SMARTS) is 1. The van der Waals surface area contributed by atoms with E-state index in [0.717, 1.165) is 11.3 Å². The van der Waals surface area contributed by atoms with Crippen molar-refractivity contribution >= 4 is 52.2 Å². The van der Waals surface area contributed by atoms with Crippen molar-refractivity contribution in [1.82, 2.24) is 10.3 Å². The van der Waals surface area contributed by atoms with Gasteiger partial charge in [-0.15, -0.1) is 0 Å². The van der Waals surface area contributed by atoms with E-state index in [9.17, 15) is 14.7 Å². The number of aromatic carboxylic acids is 1. The molecule has 0 spiro atoms. The van der Waals surface area contributed by atoms with Crippen LogP contribution in [0.2, 0.25) is 5.02 Å². The predicted octanol–water partition coefficient (Wildman–Crippen LogP) is 5.46. The van der Waals surface area contributed by atoms with Gasteiger partial charge in [-0.05, 0) is 66.8 Å². The molecule has 3 heterocycles. The van der Waals surface area contributed by atoms with Gasteiger partial charge in [0, 0.05) is 24.6 Å². The molecule has 0 radical (unpaired) electrons. The molecule has 11 heteroatoms. The first-order chi connectivity index (χ1) is 18.9. The number of pyridine rings is 1. The Kier molecular flexibility index (Phi) is 7.60. The highest BCUT2D eigenvalue weighted by Gasteiger charge is 2.42. The number of carboxylic acids is 1. The van der Waals surface area contributed by atoms with Crippen molar-refractivity contribution in [2.24, 2.45) is 0 Å². The fourth-order valence-corrected chi connectivity index (χ4v) is 5.01. The topological polar surface area (TPSA) is 117 Å². The van der Waals surface area contributed by atoms with Gasteiger partial charge < -0.3 is 29.8 Å². The van der Waals surface area contributed by atoms with Crippen LogP contribution in [-0.4, -0.2) is 40.8 Å². The summed E-state index contributed by atoms with van der Waals surface area (Å²) in [6, 6.07) is 20.3. The van der Waals surface area contributed by atoms with E-state index in [1.807, 2.05) is 41.3 Å². The monoisotopic (exact) mass is 562 g/mol. The maximum atomic E-state index is 12.0. The number of hydrogen-bond donors (Lipinski definition) is 3. The van der Waals surface area contributed by atoms with Crippen molar-refractivity contribution < 1.29 is 23.8 Å². The summed E-state index contributed by atoms with van der Waals surface area (Å²) >= 11 is 12.3. The number of nitrogens with one attached hydrogen (secondary N) is 2. The number of hydrogen-bond acceptors (Lipinski definition) is 6. The number of carbonyl (C=O) groups excluding carboxylic acids is 1. The molecule has 9 nitrogen and oxygen atoms in total. The molecular formula is C28H23ClN4O5S. The minimum Gasteiger partial charge on any atom is -0.478 e. The van der Waals surface area contributed by atoms with Crippen LogP contribution >= 0.6 is 23.8 Å². The first-order valence-electron chi connectivity index (χ1n) is 11.9. The molecule has 5 rings (SSSR count). The first-order valence-corrected chi connectivity index (χ1v) is 12.7. The van der Waals surface area contributed by atoms with Crippen molar-refractivity contribution in [1.29, 1.82) is 0 Å². The lowest BCUT2D eigenvalue weighted by atomic mass is 10.0. The second-order valence-electron chi connectivity index (χ2n) is 8.73. The van der Waals surface area contributed by atoms with E-state index >= 15 is 0 Å². The molecule has 1 aliphatic rings. The van der Waals surface area contributed by atoms with Crippen molar-refractivity contribution in [3.8, 4) is 11.3 Å². The average Bonchev–Trinajstić information content (AvgIpc) is 3.55. The van der Waals surface area contributed by atoms with Crippen molar-refractivity contribution in [2.45, 2.75) is 12.1 Å². The molecule has 0 aliphatic carbocycles. The highest BCUT2D eigenvalue weighted by Crippen LogP contribution is 2.44. The smallest absolute Gasteiger partial charge is 0.335 e. The van der Waals surface area contributed by atoms with Gasteiger partial charge >= 0.3 is 5.97 Å². The van der Waals surface area contributed by atoms with E-state index in [2.05, 4.69) is 15.6 Å². The van der Waals surface area contributed by atoms with Crippen LogP contribution in [0.25, 0.3) is 11.3 Å². The highest BCUT2D eigenvalue weighted by atomic mass is 35.5. The molecule has 198 valence electrons. The zero-order valence-electron chi connectivity index (χ0n) is 20.6. The highest BCUT2D eigenvalue weighted by molar-refractivity contribution is 7.80. The number of rotatable bonds is 8. The average molecular weight is 563 g/mol. The Morgan fingerprint density at radius 3 is 2.62 bits per heavy atom. The van der Waals surface area contributed by atoms with Gasteiger partial charge in [0.05, 0.1) is 28.0 Å². The van der Waals surface area contributed by atoms with Gasteiger partial charge in [-0.1, -0.05) is 29.8 Å². The minimum absolute atomic E-state index is 0.0914. The number of amides is 1. The Morgan fingerprint density at radius 2 is 1.95 bits per heavy atom. The number of nitrogens with zero attached hydrogens (tertiary/aromatic N) is 2. The SMILES string of the molecule is COCC(=O)Nc1ccc(N2C(=S)NC(c3ccccn3)C2c2ccc(-c3ccc(C(=O)O)cc3)o2)cc1Cl. The Hall–Kier alpha value is -4.25. The van der Waals surface area contributed by atoms with Gasteiger partial charge in [-0.25, -0.2) is 4.79 Å². The molecule has 1 amide bonds. The maximum absolute atomic E-state index is 12.0. The van der Waals surface area contributed by atoms with E-state index in [1.165, 1.54) is 19.2 Å². The number of aromatic nitrogens is 1. The number of ether oxygens (including phenoxy) is 1. The van der Waals surface area contributed by atoms with Crippen LogP contribution < -0.4 is 15.5 Å². The number of halogens is 1. The summed E-state index contributed by atoms with van der Waals surface area (Å²) in [6.07, 6.45) is 1.71. The number of anilines is 2. The summed E-state index contributed by atoms with van der Waals surface area (Å²) in [4.78, 5) is 29.7. The Labute approximate surface area is 234 Å². The minimum atomic E-state index is -0.996. The van der Waals surface area contributed by atoms with Crippen LogP contribution in [0, 0.1) is 0 Å². The molecule has 0 bridgehead atoms. The van der Waals surface area contributed by atoms with Crippen LogP contribution in [0.3, 0.4) is 0 Å². The number of thiocarbonyl (C=S) groups is 1. The molecule has 1 fully saturated rings. The van der Waals surface area contributed by atoms with Crippen LogP contribution in [0.1, 0.15) is 33.9 Å². The van der Waals surface area contributed by atoms with Gasteiger partial charge in [0.25, 0.3) is 0 Å². The Bertz CT molecular complexity index is 1530. The molecule has 2 unspecified atom stereocenters. The van der Waals surface area contributed by atoms with E-state index in [-0.39, 0.29) is 24.1 Å². The lowest BCUT2D eigenvalue weighted by Crippen LogP contribution is -2.29. The van der Waals surface area contributed by atoms with Gasteiger partial charge in [0.15, 0.2) is 5.11 Å². The molecular weight excluding hydrogens is 540 g/mol. The fourth-order valence-electron chi connectivity index (χ4n) is 4.44. The summed E-state index contributed by atoms with van der Waals surface area (Å²) in [5.41, 5.74) is 2.83. The molecule has 3 N–H and O–H groups in total. The lowest BCUT2D eigenvalue weighted by molar-refractivity contribution is -0.119. The third-order valence-corrected chi connectivity index (χ3v) is 6.84. The Balaban J connectivity index is 1.52. The zero-order chi connectivity index (χ0) is 27.5. The van der Waals surface area contributed by atoms with Crippen molar-refractivity contribution in [3.63, 3.8) is 0 Å². The summed E-state index contributed by atoms with van der Waals surface area (Å²) in [7, 11) is 1.44. The van der Waals surface area contributed by atoms with Gasteiger partial charge in [0.2, 0.25) is 5.91 Å². The van der Waals surface area contributed by atoms with Gasteiger partial charge in [-0.3, -0.25) is 9.78 Å². The quantitative estimate of drug-likeness (QED) is 0.241. The number of methoxy groups -OCH3 is 1. The van der Waals surface area contributed by atoms with E-state index in [4.69, 9.17) is 33.0 Å². The third-order valence-electron chi connectivity index (χ3n) is 6.21. The number of carbonyl (C=O) groups is 2. The van der Waals surface area contributed by atoms with Crippen LogP contribution in [0.15, 0.2) is 83.4 Å². The predicted molar refractivity (Wildman–Crippen MR) is 151 cm³/mol. The van der Waals surface area contributed by atoms with Gasteiger partial charge in [0.1, 0.15) is 24.2 Å². The molecule has 2 aromatic heterocycles. The van der Waals surface area contributed by atoms with E-state index in [1.54, 1.807) is 30.5 Å². The number of benzene rings is 2. The first kappa shape index (κ1) is 26.4.